The fourth-order valence-electron chi connectivity index (χ4n) is 4.33. The smallest absolute Gasteiger partial charge is 0.260 e. The lowest BCUT2D eigenvalue weighted by molar-refractivity contribution is 0.0746. The van der Waals surface area contributed by atoms with Crippen molar-refractivity contribution >= 4 is 45.5 Å². The number of aromatic amines is 1. The van der Waals surface area contributed by atoms with E-state index >= 15 is 0 Å². The van der Waals surface area contributed by atoms with Crippen LogP contribution in [0.15, 0.2) is 75.9 Å². The lowest BCUT2D eigenvalue weighted by Gasteiger charge is -2.35. The number of piperazine rings is 1. The van der Waals surface area contributed by atoms with Gasteiger partial charge in [-0.2, -0.15) is 0 Å². The summed E-state index contributed by atoms with van der Waals surface area (Å²) < 4.78 is 5.92. The number of fused-ring (bicyclic) bond motifs is 2. The molecule has 2 aromatic heterocycles. The predicted octanol–water partition coefficient (Wildman–Crippen LogP) is 4.35. The van der Waals surface area contributed by atoms with Gasteiger partial charge in [-0.25, -0.2) is 9.97 Å². The van der Waals surface area contributed by atoms with Crippen molar-refractivity contribution in [1.82, 2.24) is 19.9 Å². The Hall–Kier alpha value is -4.17. The summed E-state index contributed by atoms with van der Waals surface area (Å²) in [5.41, 5.74) is 3.02. The van der Waals surface area contributed by atoms with Crippen LogP contribution in [0.5, 0.6) is 0 Å². The summed E-state index contributed by atoms with van der Waals surface area (Å²) in [6.07, 6.45) is 0. The molecule has 1 fully saturated rings. The normalized spacial score (nSPS) is 14.1. The summed E-state index contributed by atoms with van der Waals surface area (Å²) in [5, 5.41) is 1.16. The van der Waals surface area contributed by atoms with Gasteiger partial charge in [0, 0.05) is 42.3 Å². The molecule has 5 aromatic rings. The van der Waals surface area contributed by atoms with Gasteiger partial charge in [0.25, 0.3) is 11.5 Å². The molecule has 1 saturated heterocycles. The first-order valence-electron chi connectivity index (χ1n) is 11.2. The Morgan fingerprint density at radius 2 is 1.74 bits per heavy atom. The van der Waals surface area contributed by atoms with Crippen LogP contribution in [0.4, 0.5) is 5.95 Å². The van der Waals surface area contributed by atoms with Gasteiger partial charge in [0.15, 0.2) is 5.58 Å². The van der Waals surface area contributed by atoms with Crippen LogP contribution in [-0.4, -0.2) is 51.9 Å². The zero-order valence-electron chi connectivity index (χ0n) is 18.6. The molecule has 1 N–H and O–H groups in total. The van der Waals surface area contributed by atoms with Crippen molar-refractivity contribution in [3.05, 3.63) is 87.7 Å². The highest BCUT2D eigenvalue weighted by atomic mass is 35.5. The summed E-state index contributed by atoms with van der Waals surface area (Å²) in [7, 11) is 0. The fraction of sp³-hybridized carbons (Fsp3) is 0.154. The lowest BCUT2D eigenvalue weighted by Crippen LogP contribution is -2.49. The number of anilines is 1. The number of para-hydroxylation sites is 1. The van der Waals surface area contributed by atoms with Crippen LogP contribution < -0.4 is 10.5 Å². The van der Waals surface area contributed by atoms with Crippen molar-refractivity contribution in [2.24, 2.45) is 0 Å². The third-order valence-corrected chi connectivity index (χ3v) is 6.41. The van der Waals surface area contributed by atoms with Crippen molar-refractivity contribution in [2.75, 3.05) is 31.1 Å². The molecule has 1 amide bonds. The number of aromatic nitrogens is 3. The minimum absolute atomic E-state index is 0.0766. The summed E-state index contributed by atoms with van der Waals surface area (Å²) in [4.78, 5) is 41.4. The molecule has 1 aliphatic heterocycles. The number of nitrogens with one attached hydrogen (secondary N) is 1. The predicted molar refractivity (Wildman–Crippen MR) is 135 cm³/mol. The number of oxazole rings is 1. The molecule has 0 spiro atoms. The van der Waals surface area contributed by atoms with Crippen molar-refractivity contribution in [3.8, 4) is 11.5 Å². The van der Waals surface area contributed by atoms with Gasteiger partial charge >= 0.3 is 0 Å². The highest BCUT2D eigenvalue weighted by molar-refractivity contribution is 6.30. The van der Waals surface area contributed by atoms with Crippen LogP contribution in [0.1, 0.15) is 10.4 Å². The molecule has 9 heteroatoms. The minimum atomic E-state index is -0.165. The highest BCUT2D eigenvalue weighted by Crippen LogP contribution is 2.27. The van der Waals surface area contributed by atoms with E-state index in [1.165, 1.54) is 0 Å². The number of halogens is 1. The van der Waals surface area contributed by atoms with Gasteiger partial charge in [0.1, 0.15) is 5.52 Å². The summed E-state index contributed by atoms with van der Waals surface area (Å²) >= 11 is 6.08. The largest absolute Gasteiger partial charge is 0.436 e. The van der Waals surface area contributed by atoms with E-state index < -0.39 is 0 Å². The monoisotopic (exact) mass is 485 g/mol. The average Bonchev–Trinajstić information content (AvgIpc) is 3.32. The van der Waals surface area contributed by atoms with Crippen molar-refractivity contribution < 1.29 is 9.21 Å². The zero-order chi connectivity index (χ0) is 23.9. The maximum atomic E-state index is 13.2. The summed E-state index contributed by atoms with van der Waals surface area (Å²) in [6, 6.07) is 19.8. The third-order valence-electron chi connectivity index (χ3n) is 6.17. The molecule has 0 saturated carbocycles. The number of carbonyl (C=O) groups is 1. The van der Waals surface area contributed by atoms with Gasteiger partial charge in [-0.15, -0.1) is 0 Å². The van der Waals surface area contributed by atoms with Crippen LogP contribution >= 0.6 is 11.6 Å². The SMILES string of the molecule is O=C(c1ccc2nc(-c3cccc(Cl)c3)oc2c1)N1CCN(c2nc3ccccc3c(=O)[nH]2)CC1. The van der Waals surface area contributed by atoms with Crippen molar-refractivity contribution in [2.45, 2.75) is 0 Å². The minimum Gasteiger partial charge on any atom is -0.436 e. The van der Waals surface area contributed by atoms with Crippen molar-refractivity contribution in [1.29, 1.82) is 0 Å². The molecule has 0 radical (unpaired) electrons. The molecule has 3 aromatic carbocycles. The molecule has 0 atom stereocenters. The van der Waals surface area contributed by atoms with Crippen LogP contribution in [0, 0.1) is 0 Å². The van der Waals surface area contributed by atoms with E-state index in [4.69, 9.17) is 16.0 Å². The first-order chi connectivity index (χ1) is 17.0. The standard InChI is InChI=1S/C26H20ClN5O3/c27-18-5-3-4-16(14-18)24-28-21-9-8-17(15-22(21)35-24)25(34)31-10-12-32(13-11-31)26-29-20-7-2-1-6-19(20)23(33)30-26/h1-9,14-15H,10-13H2,(H,29,30,33). The molecule has 0 unspecified atom stereocenters. The Bertz CT molecular complexity index is 1640. The molecule has 8 nitrogen and oxygen atoms in total. The molecule has 1 aliphatic rings. The van der Waals surface area contributed by atoms with E-state index in [2.05, 4.69) is 15.0 Å². The van der Waals surface area contributed by atoms with Crippen LogP contribution in [-0.2, 0) is 0 Å². The Kier molecular flexibility index (Phi) is 5.22. The first-order valence-corrected chi connectivity index (χ1v) is 11.6. The number of H-pyrrole nitrogens is 1. The van der Waals surface area contributed by atoms with Gasteiger partial charge in [0.05, 0.1) is 10.9 Å². The Labute approximate surface area is 204 Å². The lowest BCUT2D eigenvalue weighted by atomic mass is 10.1. The van der Waals surface area contributed by atoms with Crippen LogP contribution in [0.3, 0.4) is 0 Å². The Balaban J connectivity index is 1.19. The van der Waals surface area contributed by atoms with Crippen molar-refractivity contribution in [3.63, 3.8) is 0 Å². The molecule has 6 rings (SSSR count). The molecular weight excluding hydrogens is 466 g/mol. The number of benzene rings is 3. The van der Waals surface area contributed by atoms with Gasteiger partial charge < -0.3 is 14.2 Å². The van der Waals surface area contributed by atoms with E-state index in [0.717, 1.165) is 5.56 Å². The number of carbonyl (C=O) groups excluding carboxylic acids is 1. The van der Waals surface area contributed by atoms with E-state index in [9.17, 15) is 9.59 Å². The van der Waals surface area contributed by atoms with E-state index in [0.29, 0.717) is 70.6 Å². The van der Waals surface area contributed by atoms with Gasteiger partial charge in [-0.1, -0.05) is 29.8 Å². The Morgan fingerprint density at radius 1 is 0.914 bits per heavy atom. The quantitative estimate of drug-likeness (QED) is 0.408. The molecule has 3 heterocycles. The maximum absolute atomic E-state index is 13.2. The molecule has 0 bridgehead atoms. The number of hydrogen-bond acceptors (Lipinski definition) is 6. The summed E-state index contributed by atoms with van der Waals surface area (Å²) in [6.45, 7) is 2.15. The topological polar surface area (TPSA) is 95.3 Å². The van der Waals surface area contributed by atoms with E-state index in [1.807, 2.05) is 35.2 Å². The maximum Gasteiger partial charge on any atom is 0.260 e. The fourth-order valence-corrected chi connectivity index (χ4v) is 4.52. The molecule has 35 heavy (non-hydrogen) atoms. The average molecular weight is 486 g/mol. The molecular formula is C26H20ClN5O3. The van der Waals surface area contributed by atoms with Gasteiger partial charge in [0.2, 0.25) is 11.8 Å². The Morgan fingerprint density at radius 3 is 2.57 bits per heavy atom. The second kappa shape index (κ2) is 8.56. The van der Waals surface area contributed by atoms with Gasteiger partial charge in [-0.3, -0.25) is 14.6 Å². The highest BCUT2D eigenvalue weighted by Gasteiger charge is 2.24. The van der Waals surface area contributed by atoms with Crippen LogP contribution in [0.25, 0.3) is 33.5 Å². The third kappa shape index (κ3) is 4.02. The molecule has 174 valence electrons. The summed E-state index contributed by atoms with van der Waals surface area (Å²) in [5.74, 6) is 0.905. The second-order valence-corrected chi connectivity index (χ2v) is 8.83. The van der Waals surface area contributed by atoms with Crippen LogP contribution in [0.2, 0.25) is 5.02 Å². The molecule has 0 aliphatic carbocycles. The number of amides is 1. The number of rotatable bonds is 3. The van der Waals surface area contributed by atoms with E-state index in [-0.39, 0.29) is 11.5 Å². The number of hydrogen-bond donors (Lipinski definition) is 1. The first kappa shape index (κ1) is 21.4. The number of nitrogens with zero attached hydrogens (tertiary/aromatic N) is 4. The van der Waals surface area contributed by atoms with E-state index in [1.54, 1.807) is 41.3 Å². The van der Waals surface area contributed by atoms with Gasteiger partial charge in [-0.05, 0) is 48.5 Å². The second-order valence-electron chi connectivity index (χ2n) is 8.40. The zero-order valence-corrected chi connectivity index (χ0v) is 19.3.